The minimum atomic E-state index is -0.376. The number of hydrogen-bond donors (Lipinski definition) is 0. The minimum Gasteiger partial charge on any atom is -0.493 e. The molecular formula is C18H19BrO3. The number of halogens is 1. The lowest BCUT2D eigenvalue weighted by Crippen LogP contribution is -2.27. The van der Waals surface area contributed by atoms with E-state index in [1.54, 1.807) is 0 Å². The van der Waals surface area contributed by atoms with Crippen molar-refractivity contribution < 1.29 is 14.2 Å². The second kappa shape index (κ2) is 7.27. The normalized spacial score (nSPS) is 20.5. The summed E-state index contributed by atoms with van der Waals surface area (Å²) in [4.78, 5) is 0. The maximum Gasteiger partial charge on any atom is 0.194 e. The van der Waals surface area contributed by atoms with Crippen molar-refractivity contribution in [2.45, 2.75) is 32.3 Å². The van der Waals surface area contributed by atoms with Gasteiger partial charge in [0, 0.05) is 10.0 Å². The van der Waals surface area contributed by atoms with E-state index in [9.17, 15) is 0 Å². The van der Waals surface area contributed by atoms with Gasteiger partial charge >= 0.3 is 0 Å². The second-order valence-electron chi connectivity index (χ2n) is 5.23. The summed E-state index contributed by atoms with van der Waals surface area (Å²) in [6.07, 6.45) is 1.47. The van der Waals surface area contributed by atoms with Crippen LogP contribution in [-0.2, 0) is 9.47 Å². The van der Waals surface area contributed by atoms with Crippen molar-refractivity contribution in [3.8, 4) is 5.75 Å². The van der Waals surface area contributed by atoms with E-state index < -0.39 is 0 Å². The van der Waals surface area contributed by atoms with Crippen LogP contribution in [0.4, 0.5) is 0 Å². The molecular weight excluding hydrogens is 344 g/mol. The molecule has 1 aliphatic rings. The first-order valence-electron chi connectivity index (χ1n) is 7.56. The van der Waals surface area contributed by atoms with E-state index in [0.717, 1.165) is 34.2 Å². The van der Waals surface area contributed by atoms with Crippen LogP contribution in [-0.4, -0.2) is 6.61 Å². The van der Waals surface area contributed by atoms with Crippen molar-refractivity contribution in [2.75, 3.05) is 6.61 Å². The molecule has 0 spiro atoms. The van der Waals surface area contributed by atoms with E-state index >= 15 is 0 Å². The number of unbranched alkanes of at least 4 members (excludes halogenated alkanes) is 1. The SMILES string of the molecule is CCCCOc1ccc(Br)cc1C1OC(c2ccccc2)O1. The summed E-state index contributed by atoms with van der Waals surface area (Å²) in [5.41, 5.74) is 1.96. The Balaban J connectivity index is 1.69. The molecule has 1 saturated heterocycles. The summed E-state index contributed by atoms with van der Waals surface area (Å²) in [5.74, 6) is 0.827. The molecule has 2 aromatic rings. The van der Waals surface area contributed by atoms with Crippen LogP contribution in [0, 0.1) is 0 Å². The van der Waals surface area contributed by atoms with Gasteiger partial charge in [0.1, 0.15) is 5.75 Å². The lowest BCUT2D eigenvalue weighted by Gasteiger charge is -2.37. The first-order valence-corrected chi connectivity index (χ1v) is 8.35. The predicted octanol–water partition coefficient (Wildman–Crippen LogP) is 5.37. The van der Waals surface area contributed by atoms with Gasteiger partial charge in [-0.1, -0.05) is 59.6 Å². The molecule has 1 fully saturated rings. The van der Waals surface area contributed by atoms with Crippen LogP contribution in [0.15, 0.2) is 53.0 Å². The lowest BCUT2D eigenvalue weighted by atomic mass is 10.1. The Morgan fingerprint density at radius 3 is 2.55 bits per heavy atom. The van der Waals surface area contributed by atoms with Crippen molar-refractivity contribution in [3.05, 3.63) is 64.1 Å². The quantitative estimate of drug-likeness (QED) is 0.646. The average Bonchev–Trinajstić information content (AvgIpc) is 2.49. The van der Waals surface area contributed by atoms with Crippen LogP contribution in [0.5, 0.6) is 5.75 Å². The Morgan fingerprint density at radius 1 is 1.05 bits per heavy atom. The Bertz CT molecular complexity index is 609. The van der Waals surface area contributed by atoms with Gasteiger partial charge in [-0.2, -0.15) is 0 Å². The van der Waals surface area contributed by atoms with Crippen molar-refractivity contribution in [1.82, 2.24) is 0 Å². The van der Waals surface area contributed by atoms with Gasteiger partial charge in [-0.05, 0) is 24.6 Å². The molecule has 3 rings (SSSR count). The number of benzene rings is 2. The third-order valence-electron chi connectivity index (χ3n) is 3.55. The van der Waals surface area contributed by atoms with Gasteiger partial charge in [-0.25, -0.2) is 0 Å². The topological polar surface area (TPSA) is 27.7 Å². The molecule has 1 aliphatic heterocycles. The molecule has 22 heavy (non-hydrogen) atoms. The molecule has 1 heterocycles. The summed E-state index contributed by atoms with van der Waals surface area (Å²) in [5, 5.41) is 0. The highest BCUT2D eigenvalue weighted by Gasteiger charge is 2.35. The monoisotopic (exact) mass is 362 g/mol. The number of rotatable bonds is 6. The van der Waals surface area contributed by atoms with Gasteiger partial charge in [-0.3, -0.25) is 0 Å². The van der Waals surface area contributed by atoms with Crippen LogP contribution < -0.4 is 4.74 Å². The van der Waals surface area contributed by atoms with E-state index in [1.807, 2.05) is 48.5 Å². The van der Waals surface area contributed by atoms with Crippen LogP contribution >= 0.6 is 15.9 Å². The van der Waals surface area contributed by atoms with Crippen LogP contribution in [0.25, 0.3) is 0 Å². The predicted molar refractivity (Wildman–Crippen MR) is 88.6 cm³/mol. The van der Waals surface area contributed by atoms with E-state index in [1.165, 1.54) is 0 Å². The van der Waals surface area contributed by atoms with Gasteiger partial charge in [-0.15, -0.1) is 0 Å². The molecule has 0 amide bonds. The molecule has 4 heteroatoms. The van der Waals surface area contributed by atoms with E-state index in [2.05, 4.69) is 22.9 Å². The molecule has 0 aromatic heterocycles. The van der Waals surface area contributed by atoms with Gasteiger partial charge in [0.05, 0.1) is 12.2 Å². The third-order valence-corrected chi connectivity index (χ3v) is 4.04. The maximum atomic E-state index is 5.89. The second-order valence-corrected chi connectivity index (χ2v) is 6.15. The van der Waals surface area contributed by atoms with Crippen LogP contribution in [0.1, 0.15) is 43.5 Å². The van der Waals surface area contributed by atoms with Crippen molar-refractivity contribution in [3.63, 3.8) is 0 Å². The third kappa shape index (κ3) is 3.51. The van der Waals surface area contributed by atoms with Gasteiger partial charge in [0.15, 0.2) is 12.6 Å². The number of hydrogen-bond acceptors (Lipinski definition) is 3. The van der Waals surface area contributed by atoms with Crippen molar-refractivity contribution in [1.29, 1.82) is 0 Å². The highest BCUT2D eigenvalue weighted by Crippen LogP contribution is 2.44. The summed E-state index contributed by atoms with van der Waals surface area (Å²) in [6.45, 7) is 2.86. The lowest BCUT2D eigenvalue weighted by molar-refractivity contribution is -0.397. The highest BCUT2D eigenvalue weighted by molar-refractivity contribution is 9.10. The first kappa shape index (κ1) is 15.5. The standard InChI is InChI=1S/C18H19BrO3/c1-2-3-11-20-16-10-9-14(19)12-15(16)18-21-17(22-18)13-7-5-4-6-8-13/h4-10,12,17-18H,2-3,11H2,1H3. The van der Waals surface area contributed by atoms with Gasteiger partial charge in [0.2, 0.25) is 0 Å². The van der Waals surface area contributed by atoms with Gasteiger partial charge in [0.25, 0.3) is 0 Å². The van der Waals surface area contributed by atoms with Gasteiger partial charge < -0.3 is 14.2 Å². The van der Waals surface area contributed by atoms with E-state index in [-0.39, 0.29) is 12.6 Å². The molecule has 0 unspecified atom stereocenters. The molecule has 0 aliphatic carbocycles. The Morgan fingerprint density at radius 2 is 1.82 bits per heavy atom. The fourth-order valence-corrected chi connectivity index (χ4v) is 2.69. The Hall–Kier alpha value is -1.36. The highest BCUT2D eigenvalue weighted by atomic mass is 79.9. The molecule has 2 aromatic carbocycles. The van der Waals surface area contributed by atoms with Crippen LogP contribution in [0.2, 0.25) is 0 Å². The van der Waals surface area contributed by atoms with E-state index in [0.29, 0.717) is 6.61 Å². The van der Waals surface area contributed by atoms with Crippen molar-refractivity contribution in [2.24, 2.45) is 0 Å². The van der Waals surface area contributed by atoms with Crippen LogP contribution in [0.3, 0.4) is 0 Å². The molecule has 3 nitrogen and oxygen atoms in total. The zero-order chi connectivity index (χ0) is 15.4. The first-order chi connectivity index (χ1) is 10.8. The Labute approximate surface area is 139 Å². The summed E-state index contributed by atoms with van der Waals surface area (Å²) >= 11 is 3.49. The molecule has 0 atom stereocenters. The average molecular weight is 363 g/mol. The molecule has 116 valence electrons. The molecule has 0 radical (unpaired) electrons. The minimum absolute atomic E-state index is 0.298. The Kier molecular flexibility index (Phi) is 5.13. The molecule has 0 N–H and O–H groups in total. The summed E-state index contributed by atoms with van der Waals surface area (Å²) < 4.78 is 18.6. The zero-order valence-corrected chi connectivity index (χ0v) is 14.1. The number of ether oxygens (including phenoxy) is 3. The summed E-state index contributed by atoms with van der Waals surface area (Å²) in [7, 11) is 0. The maximum absolute atomic E-state index is 5.89. The summed E-state index contributed by atoms with van der Waals surface area (Å²) in [6, 6.07) is 15.9. The fourth-order valence-electron chi connectivity index (χ4n) is 2.31. The smallest absolute Gasteiger partial charge is 0.194 e. The van der Waals surface area contributed by atoms with E-state index in [4.69, 9.17) is 14.2 Å². The zero-order valence-electron chi connectivity index (χ0n) is 12.5. The fraction of sp³-hybridized carbons (Fsp3) is 0.333. The van der Waals surface area contributed by atoms with Crippen molar-refractivity contribution >= 4 is 15.9 Å². The molecule has 0 saturated carbocycles. The largest absolute Gasteiger partial charge is 0.493 e. The molecule has 0 bridgehead atoms.